The molecule has 0 bridgehead atoms. The summed E-state index contributed by atoms with van der Waals surface area (Å²) < 4.78 is 0. The average molecular weight is 132 g/mol. The van der Waals surface area contributed by atoms with Gasteiger partial charge < -0.3 is 0 Å². The summed E-state index contributed by atoms with van der Waals surface area (Å²) in [5.74, 6) is -0.388. The van der Waals surface area contributed by atoms with Crippen molar-refractivity contribution in [3.63, 3.8) is 0 Å². The summed E-state index contributed by atoms with van der Waals surface area (Å²) in [6.07, 6.45) is 0. The zero-order valence-corrected chi connectivity index (χ0v) is 5.32. The van der Waals surface area contributed by atoms with E-state index in [4.69, 9.17) is 6.72 Å². The SMILES string of the molecule is [CH]=NC(=O)c1ccccc1. The van der Waals surface area contributed by atoms with Gasteiger partial charge >= 0.3 is 0 Å². The monoisotopic (exact) mass is 132 g/mol. The highest BCUT2D eigenvalue weighted by molar-refractivity contribution is 5.96. The van der Waals surface area contributed by atoms with E-state index in [0.29, 0.717) is 5.56 Å². The molecule has 1 amide bonds. The maximum atomic E-state index is 10.7. The van der Waals surface area contributed by atoms with Crippen molar-refractivity contribution in [1.82, 2.24) is 0 Å². The minimum absolute atomic E-state index is 0.388. The van der Waals surface area contributed by atoms with E-state index in [2.05, 4.69) is 4.99 Å². The average Bonchev–Trinajstić information content (AvgIpc) is 2.05. The van der Waals surface area contributed by atoms with Crippen LogP contribution in [0.15, 0.2) is 35.3 Å². The maximum absolute atomic E-state index is 10.7. The van der Waals surface area contributed by atoms with Crippen molar-refractivity contribution >= 4 is 12.6 Å². The lowest BCUT2D eigenvalue weighted by Crippen LogP contribution is -1.91. The quantitative estimate of drug-likeness (QED) is 0.531. The largest absolute Gasteiger partial charge is 0.276 e. The number of benzene rings is 1. The second kappa shape index (κ2) is 2.92. The first-order chi connectivity index (χ1) is 4.84. The van der Waals surface area contributed by atoms with Gasteiger partial charge in [-0.25, -0.2) is 4.99 Å². The Kier molecular flexibility index (Phi) is 1.95. The van der Waals surface area contributed by atoms with Crippen LogP contribution >= 0.6 is 0 Å². The number of rotatable bonds is 1. The highest BCUT2D eigenvalue weighted by atomic mass is 16.1. The minimum atomic E-state index is -0.388. The number of hydrogen-bond acceptors (Lipinski definition) is 1. The molecule has 0 spiro atoms. The third-order valence-corrected chi connectivity index (χ3v) is 1.14. The summed E-state index contributed by atoms with van der Waals surface area (Å²) in [5.41, 5.74) is 0.519. The van der Waals surface area contributed by atoms with E-state index in [1.165, 1.54) is 0 Å². The fourth-order valence-corrected chi connectivity index (χ4v) is 0.655. The molecule has 10 heavy (non-hydrogen) atoms. The van der Waals surface area contributed by atoms with Gasteiger partial charge in [0.1, 0.15) is 0 Å². The minimum Gasteiger partial charge on any atom is -0.267 e. The van der Waals surface area contributed by atoms with Crippen LogP contribution < -0.4 is 0 Å². The molecule has 2 nitrogen and oxygen atoms in total. The van der Waals surface area contributed by atoms with E-state index in [0.717, 1.165) is 0 Å². The summed E-state index contributed by atoms with van der Waals surface area (Å²) in [6.45, 7) is 4.78. The molecule has 0 aromatic heterocycles. The maximum Gasteiger partial charge on any atom is 0.276 e. The fourth-order valence-electron chi connectivity index (χ4n) is 0.655. The van der Waals surface area contributed by atoms with Crippen LogP contribution in [0.1, 0.15) is 10.4 Å². The Hall–Kier alpha value is -1.44. The third kappa shape index (κ3) is 1.29. The number of carbonyl (C=O) groups excluding carboxylic acids is 1. The smallest absolute Gasteiger partial charge is 0.267 e. The van der Waals surface area contributed by atoms with Crippen LogP contribution in [0.3, 0.4) is 0 Å². The lowest BCUT2D eigenvalue weighted by atomic mass is 10.2. The van der Waals surface area contributed by atoms with Gasteiger partial charge in [-0.1, -0.05) is 18.2 Å². The highest BCUT2D eigenvalue weighted by Crippen LogP contribution is 1.98. The van der Waals surface area contributed by atoms with Crippen molar-refractivity contribution in [1.29, 1.82) is 0 Å². The summed E-state index contributed by atoms with van der Waals surface area (Å²) >= 11 is 0. The molecule has 2 heteroatoms. The van der Waals surface area contributed by atoms with Crippen LogP contribution in [0, 0.1) is 0 Å². The van der Waals surface area contributed by atoms with Crippen molar-refractivity contribution < 1.29 is 4.79 Å². The van der Waals surface area contributed by atoms with Gasteiger partial charge in [-0.15, -0.1) is 0 Å². The lowest BCUT2D eigenvalue weighted by molar-refractivity contribution is 0.100. The van der Waals surface area contributed by atoms with Gasteiger partial charge in [-0.2, -0.15) is 0 Å². The molecular weight excluding hydrogens is 126 g/mol. The molecule has 0 unspecified atom stereocenters. The van der Waals surface area contributed by atoms with Crippen LogP contribution in [-0.4, -0.2) is 12.6 Å². The molecule has 0 saturated carbocycles. The summed E-state index contributed by atoms with van der Waals surface area (Å²) in [7, 11) is 0. The molecule has 0 heterocycles. The first kappa shape index (κ1) is 6.68. The third-order valence-electron chi connectivity index (χ3n) is 1.14. The van der Waals surface area contributed by atoms with Crippen molar-refractivity contribution in [2.24, 2.45) is 4.99 Å². The molecule has 1 aromatic rings. The highest BCUT2D eigenvalue weighted by Gasteiger charge is 1.97. The van der Waals surface area contributed by atoms with E-state index < -0.39 is 0 Å². The molecule has 0 saturated heterocycles. The van der Waals surface area contributed by atoms with Crippen LogP contribution in [0.2, 0.25) is 0 Å². The van der Waals surface area contributed by atoms with Gasteiger partial charge in [0.15, 0.2) is 0 Å². The summed E-state index contributed by atoms with van der Waals surface area (Å²) in [4.78, 5) is 13.7. The van der Waals surface area contributed by atoms with Crippen LogP contribution in [0.5, 0.6) is 0 Å². The zero-order valence-electron chi connectivity index (χ0n) is 5.32. The molecular formula is C8H6NO. The molecule has 0 fully saturated rings. The van der Waals surface area contributed by atoms with Gasteiger partial charge in [-0.3, -0.25) is 4.79 Å². The van der Waals surface area contributed by atoms with E-state index >= 15 is 0 Å². The Bertz CT molecular complexity index is 241. The predicted octanol–water partition coefficient (Wildman–Crippen LogP) is 1.40. The van der Waals surface area contributed by atoms with Gasteiger partial charge in [-0.05, 0) is 12.1 Å². The molecule has 0 N–H and O–H groups in total. The van der Waals surface area contributed by atoms with E-state index in [9.17, 15) is 4.79 Å². The van der Waals surface area contributed by atoms with Crippen LogP contribution in [0.25, 0.3) is 0 Å². The molecule has 0 atom stereocenters. The molecule has 0 aliphatic heterocycles. The number of hydrogen-bond donors (Lipinski definition) is 0. The standard InChI is InChI=1S/C8H6NO/c1-9-8(10)7-5-3-2-4-6-7/h1-6H. The van der Waals surface area contributed by atoms with Gasteiger partial charge in [0.25, 0.3) is 5.91 Å². The Morgan fingerprint density at radius 3 is 2.40 bits per heavy atom. The topological polar surface area (TPSA) is 29.4 Å². The van der Waals surface area contributed by atoms with Gasteiger partial charge in [0, 0.05) is 12.3 Å². The summed E-state index contributed by atoms with van der Waals surface area (Å²) in [5, 5.41) is 0. The Morgan fingerprint density at radius 1 is 1.30 bits per heavy atom. The summed E-state index contributed by atoms with van der Waals surface area (Å²) in [6, 6.07) is 8.68. The van der Waals surface area contributed by atoms with Gasteiger partial charge in [0.2, 0.25) is 0 Å². The van der Waals surface area contributed by atoms with Crippen molar-refractivity contribution in [3.8, 4) is 0 Å². The zero-order chi connectivity index (χ0) is 7.40. The Balaban J connectivity index is 2.95. The molecule has 1 rings (SSSR count). The Labute approximate surface area is 59.2 Å². The number of nitrogens with zero attached hydrogens (tertiary/aromatic N) is 1. The molecule has 1 radical (unpaired) electrons. The fraction of sp³-hybridized carbons (Fsp3) is 0. The second-order valence-electron chi connectivity index (χ2n) is 1.80. The number of aliphatic imine (C=N–C) groups is 1. The molecule has 0 aliphatic rings. The van der Waals surface area contributed by atoms with Crippen LogP contribution in [0.4, 0.5) is 0 Å². The number of carbonyl (C=O) groups is 1. The van der Waals surface area contributed by atoms with Gasteiger partial charge in [0.05, 0.1) is 0 Å². The van der Waals surface area contributed by atoms with Crippen LogP contribution in [-0.2, 0) is 0 Å². The molecule has 1 aromatic carbocycles. The Morgan fingerprint density at radius 2 is 1.90 bits per heavy atom. The van der Waals surface area contributed by atoms with Crippen molar-refractivity contribution in [3.05, 3.63) is 35.9 Å². The first-order valence-corrected chi connectivity index (χ1v) is 2.85. The van der Waals surface area contributed by atoms with Crippen molar-refractivity contribution in [2.75, 3.05) is 0 Å². The van der Waals surface area contributed by atoms with E-state index in [-0.39, 0.29) is 5.91 Å². The van der Waals surface area contributed by atoms with E-state index in [1.807, 2.05) is 6.07 Å². The molecule has 0 aliphatic carbocycles. The first-order valence-electron chi connectivity index (χ1n) is 2.85. The van der Waals surface area contributed by atoms with E-state index in [1.54, 1.807) is 24.3 Å². The number of amides is 1. The normalized spacial score (nSPS) is 8.80. The van der Waals surface area contributed by atoms with Crippen molar-refractivity contribution in [2.45, 2.75) is 0 Å². The predicted molar refractivity (Wildman–Crippen MR) is 39.3 cm³/mol. The second-order valence-corrected chi connectivity index (χ2v) is 1.80. The molecule has 49 valence electrons. The lowest BCUT2D eigenvalue weighted by Gasteiger charge is -1.89.